The first kappa shape index (κ1) is 21.8. The van der Waals surface area contributed by atoms with Gasteiger partial charge in [-0.2, -0.15) is 5.10 Å². The SMILES string of the molecule is CCC(CC)c1cc(C)nn2c(-c3scc(-c4ccncc4)c3Cl)c(C)nc12.Cl. The lowest BCUT2D eigenvalue weighted by atomic mass is 9.95. The van der Waals surface area contributed by atoms with Crippen molar-refractivity contribution in [2.45, 2.75) is 46.5 Å². The lowest BCUT2D eigenvalue weighted by molar-refractivity contribution is 0.638. The molecule has 0 bridgehead atoms. The summed E-state index contributed by atoms with van der Waals surface area (Å²) in [7, 11) is 0. The highest BCUT2D eigenvalue weighted by Gasteiger charge is 2.23. The van der Waals surface area contributed by atoms with Gasteiger partial charge in [0.2, 0.25) is 0 Å². The van der Waals surface area contributed by atoms with Crippen molar-refractivity contribution in [3.05, 3.63) is 57.9 Å². The van der Waals surface area contributed by atoms with E-state index in [9.17, 15) is 0 Å². The zero-order valence-corrected chi connectivity index (χ0v) is 19.3. The number of thiophene rings is 1. The van der Waals surface area contributed by atoms with Crippen LogP contribution in [0, 0.1) is 13.8 Å². The van der Waals surface area contributed by atoms with E-state index in [1.54, 1.807) is 23.7 Å². The molecule has 0 aliphatic rings. The van der Waals surface area contributed by atoms with Crippen molar-refractivity contribution in [2.24, 2.45) is 0 Å². The van der Waals surface area contributed by atoms with E-state index in [1.807, 2.05) is 30.5 Å². The largest absolute Gasteiger partial charge is 0.265 e. The van der Waals surface area contributed by atoms with Crippen molar-refractivity contribution in [3.8, 4) is 21.7 Å². The molecule has 4 rings (SSSR count). The Kier molecular flexibility index (Phi) is 6.62. The van der Waals surface area contributed by atoms with E-state index in [0.29, 0.717) is 5.92 Å². The Morgan fingerprint density at radius 1 is 1.14 bits per heavy atom. The number of aryl methyl sites for hydroxylation is 2. The molecule has 0 N–H and O–H groups in total. The van der Waals surface area contributed by atoms with Gasteiger partial charge in [0.15, 0.2) is 5.65 Å². The number of nitrogens with zero attached hydrogens (tertiary/aromatic N) is 4. The minimum atomic E-state index is 0. The van der Waals surface area contributed by atoms with Gasteiger partial charge in [-0.1, -0.05) is 25.4 Å². The van der Waals surface area contributed by atoms with Crippen LogP contribution in [-0.2, 0) is 0 Å². The summed E-state index contributed by atoms with van der Waals surface area (Å²) in [6.45, 7) is 8.55. The maximum atomic E-state index is 6.84. The summed E-state index contributed by atoms with van der Waals surface area (Å²) in [5.74, 6) is 0.477. The molecule has 7 heteroatoms. The van der Waals surface area contributed by atoms with Gasteiger partial charge in [-0.3, -0.25) is 4.98 Å². The van der Waals surface area contributed by atoms with Gasteiger partial charge < -0.3 is 0 Å². The van der Waals surface area contributed by atoms with E-state index >= 15 is 0 Å². The molecule has 4 nitrogen and oxygen atoms in total. The third-order valence-corrected chi connectivity index (χ3v) is 6.76. The minimum Gasteiger partial charge on any atom is -0.265 e. The van der Waals surface area contributed by atoms with E-state index < -0.39 is 0 Å². The number of fused-ring (bicyclic) bond motifs is 1. The number of imidazole rings is 1. The Bertz CT molecular complexity index is 1130. The van der Waals surface area contributed by atoms with Gasteiger partial charge in [0.1, 0.15) is 5.69 Å². The lowest BCUT2D eigenvalue weighted by Gasteiger charge is -2.14. The summed E-state index contributed by atoms with van der Waals surface area (Å²) in [4.78, 5) is 10.0. The summed E-state index contributed by atoms with van der Waals surface area (Å²) in [6, 6.07) is 6.14. The fourth-order valence-electron chi connectivity index (χ4n) is 3.80. The Hall–Kier alpha value is -1.95. The zero-order valence-electron chi connectivity index (χ0n) is 16.9. The van der Waals surface area contributed by atoms with Crippen LogP contribution in [0.15, 0.2) is 36.0 Å². The highest BCUT2D eigenvalue weighted by molar-refractivity contribution is 7.14. The molecule has 29 heavy (non-hydrogen) atoms. The molecule has 0 saturated carbocycles. The number of hydrogen-bond donors (Lipinski definition) is 0. The first-order valence-electron chi connectivity index (χ1n) is 9.59. The molecule has 0 aliphatic heterocycles. The Morgan fingerprint density at radius 3 is 2.48 bits per heavy atom. The number of halogens is 2. The summed E-state index contributed by atoms with van der Waals surface area (Å²) in [6.07, 6.45) is 5.75. The van der Waals surface area contributed by atoms with Gasteiger partial charge in [0.25, 0.3) is 0 Å². The third-order valence-electron chi connectivity index (χ3n) is 5.27. The molecular formula is C22H24Cl2N4S. The fourth-order valence-corrected chi connectivity index (χ4v) is 5.30. The number of hydrogen-bond acceptors (Lipinski definition) is 4. The average Bonchev–Trinajstić information content (AvgIpc) is 3.22. The van der Waals surface area contributed by atoms with Gasteiger partial charge in [-0.15, -0.1) is 23.7 Å². The molecule has 0 radical (unpaired) electrons. The molecule has 0 spiro atoms. The van der Waals surface area contributed by atoms with Gasteiger partial charge in [0, 0.05) is 28.9 Å². The second-order valence-electron chi connectivity index (χ2n) is 7.06. The maximum Gasteiger partial charge on any atom is 0.158 e. The van der Waals surface area contributed by atoms with Crippen molar-refractivity contribution in [2.75, 3.05) is 0 Å². The van der Waals surface area contributed by atoms with Crippen LogP contribution in [0.1, 0.15) is 49.6 Å². The first-order valence-corrected chi connectivity index (χ1v) is 10.9. The summed E-state index contributed by atoms with van der Waals surface area (Å²) >= 11 is 8.48. The Morgan fingerprint density at radius 2 is 1.83 bits per heavy atom. The molecule has 152 valence electrons. The van der Waals surface area contributed by atoms with Crippen LogP contribution in [0.25, 0.3) is 27.3 Å². The van der Waals surface area contributed by atoms with Gasteiger partial charge in [0.05, 0.1) is 21.3 Å². The second-order valence-corrected chi connectivity index (χ2v) is 8.32. The summed E-state index contributed by atoms with van der Waals surface area (Å²) < 4.78 is 1.99. The highest BCUT2D eigenvalue weighted by Crippen LogP contribution is 2.43. The third kappa shape index (κ3) is 3.79. The molecule has 0 aromatic carbocycles. The van der Waals surface area contributed by atoms with Crippen LogP contribution in [0.3, 0.4) is 0 Å². The molecule has 4 aromatic heterocycles. The molecule has 0 atom stereocenters. The Labute approximate surface area is 186 Å². The number of rotatable bonds is 5. The molecule has 4 aromatic rings. The topological polar surface area (TPSA) is 43.1 Å². The van der Waals surface area contributed by atoms with Crippen LogP contribution in [0.5, 0.6) is 0 Å². The fraction of sp³-hybridized carbons (Fsp3) is 0.318. The van der Waals surface area contributed by atoms with Crippen LogP contribution >= 0.6 is 35.3 Å². The predicted octanol–water partition coefficient (Wildman–Crippen LogP) is 7.12. The molecule has 0 aliphatic carbocycles. The van der Waals surface area contributed by atoms with Gasteiger partial charge >= 0.3 is 0 Å². The van der Waals surface area contributed by atoms with Crippen molar-refractivity contribution < 1.29 is 0 Å². The highest BCUT2D eigenvalue weighted by atomic mass is 35.5. The normalized spacial score (nSPS) is 11.2. The second kappa shape index (κ2) is 8.82. The van der Waals surface area contributed by atoms with E-state index in [0.717, 1.165) is 56.6 Å². The molecule has 4 heterocycles. The number of pyridine rings is 1. The monoisotopic (exact) mass is 446 g/mol. The predicted molar refractivity (Wildman–Crippen MR) is 125 cm³/mol. The van der Waals surface area contributed by atoms with Crippen LogP contribution in [0.4, 0.5) is 0 Å². The van der Waals surface area contributed by atoms with Crippen LogP contribution < -0.4 is 0 Å². The minimum absolute atomic E-state index is 0. The Balaban J connectivity index is 0.00000240. The van der Waals surface area contributed by atoms with Crippen LogP contribution in [-0.4, -0.2) is 19.6 Å². The van der Waals surface area contributed by atoms with Crippen molar-refractivity contribution in [3.63, 3.8) is 0 Å². The molecule has 0 unspecified atom stereocenters. The van der Waals surface area contributed by atoms with E-state index in [1.165, 1.54) is 5.56 Å². The van der Waals surface area contributed by atoms with Crippen molar-refractivity contribution >= 4 is 41.0 Å². The van der Waals surface area contributed by atoms with Crippen molar-refractivity contribution in [1.29, 1.82) is 0 Å². The maximum absolute atomic E-state index is 6.84. The molecular weight excluding hydrogens is 423 g/mol. The summed E-state index contributed by atoms with van der Waals surface area (Å²) in [5, 5.41) is 7.64. The van der Waals surface area contributed by atoms with Crippen LogP contribution in [0.2, 0.25) is 5.02 Å². The quantitative estimate of drug-likeness (QED) is 0.327. The van der Waals surface area contributed by atoms with Gasteiger partial charge in [-0.05, 0) is 56.4 Å². The number of aromatic nitrogens is 4. The molecule has 0 fully saturated rings. The lowest BCUT2D eigenvalue weighted by Crippen LogP contribution is -2.04. The smallest absolute Gasteiger partial charge is 0.158 e. The first-order chi connectivity index (χ1) is 13.5. The molecule has 0 saturated heterocycles. The van der Waals surface area contributed by atoms with E-state index in [-0.39, 0.29) is 12.4 Å². The van der Waals surface area contributed by atoms with Gasteiger partial charge in [-0.25, -0.2) is 9.50 Å². The van der Waals surface area contributed by atoms with E-state index in [2.05, 4.69) is 30.3 Å². The zero-order chi connectivity index (χ0) is 19.8. The van der Waals surface area contributed by atoms with E-state index in [4.69, 9.17) is 21.7 Å². The summed E-state index contributed by atoms with van der Waals surface area (Å²) in [5.41, 5.74) is 7.24. The van der Waals surface area contributed by atoms with Crippen molar-refractivity contribution in [1.82, 2.24) is 19.6 Å². The average molecular weight is 447 g/mol. The molecule has 0 amide bonds. The standard InChI is InChI=1S/C22H23ClN4S.ClH/c1-5-15(6-2)17-11-13(3)26-27-20(14(4)25-22(17)27)21-19(23)18(12-28-21)16-7-9-24-10-8-16;/h7-12,15H,5-6H2,1-4H3;1H.